The molecule has 0 aliphatic rings. The number of rotatable bonds is 6. The van der Waals surface area contributed by atoms with E-state index in [4.69, 9.17) is 15.2 Å². The van der Waals surface area contributed by atoms with Crippen LogP contribution >= 0.6 is 11.3 Å². The van der Waals surface area contributed by atoms with Gasteiger partial charge in [-0.25, -0.2) is 4.98 Å². The van der Waals surface area contributed by atoms with Crippen LogP contribution in [0.5, 0.6) is 11.5 Å². The van der Waals surface area contributed by atoms with Gasteiger partial charge in [-0.3, -0.25) is 0 Å². The Hall–Kier alpha value is -2.57. The van der Waals surface area contributed by atoms with Gasteiger partial charge in [-0.1, -0.05) is 24.3 Å². The summed E-state index contributed by atoms with van der Waals surface area (Å²) in [5.41, 5.74) is 9.58. The van der Waals surface area contributed by atoms with Crippen molar-refractivity contribution in [3.05, 3.63) is 53.4 Å². The van der Waals surface area contributed by atoms with E-state index in [1.807, 2.05) is 47.8 Å². The molecule has 124 valence electrons. The number of nitrogens with zero attached hydrogens (tertiary/aromatic N) is 1. The molecule has 3 N–H and O–H groups in total. The maximum absolute atomic E-state index is 5.63. The van der Waals surface area contributed by atoms with Gasteiger partial charge in [0, 0.05) is 23.6 Å². The smallest absolute Gasteiger partial charge is 0.187 e. The molecule has 0 spiro atoms. The van der Waals surface area contributed by atoms with Gasteiger partial charge < -0.3 is 20.5 Å². The number of nitrogens with one attached hydrogen (secondary N) is 1. The SMILES string of the molecule is COc1ccc(Nc2nc(-c3ccc(CN)cc3)cs2)c(OC)c1. The van der Waals surface area contributed by atoms with Crippen LogP contribution < -0.4 is 20.5 Å². The molecular weight excluding hydrogens is 322 g/mol. The zero-order valence-electron chi connectivity index (χ0n) is 13.6. The number of benzene rings is 2. The molecule has 0 atom stereocenters. The molecule has 0 saturated heterocycles. The van der Waals surface area contributed by atoms with Gasteiger partial charge in [0.05, 0.1) is 25.6 Å². The van der Waals surface area contributed by atoms with Crippen LogP contribution in [0.3, 0.4) is 0 Å². The van der Waals surface area contributed by atoms with E-state index in [-0.39, 0.29) is 0 Å². The Bertz CT molecular complexity index is 815. The number of ether oxygens (including phenoxy) is 2. The fraction of sp³-hybridized carbons (Fsp3) is 0.167. The second kappa shape index (κ2) is 7.33. The Kier molecular flexibility index (Phi) is 4.98. The van der Waals surface area contributed by atoms with Crippen LogP contribution in [0, 0.1) is 0 Å². The van der Waals surface area contributed by atoms with Gasteiger partial charge in [-0.15, -0.1) is 11.3 Å². The zero-order chi connectivity index (χ0) is 16.9. The van der Waals surface area contributed by atoms with E-state index in [9.17, 15) is 0 Å². The fourth-order valence-corrected chi connectivity index (χ4v) is 3.02. The minimum atomic E-state index is 0.543. The van der Waals surface area contributed by atoms with E-state index in [0.29, 0.717) is 12.3 Å². The summed E-state index contributed by atoms with van der Waals surface area (Å²) in [5, 5.41) is 6.12. The summed E-state index contributed by atoms with van der Waals surface area (Å²) in [6.45, 7) is 0.543. The quantitative estimate of drug-likeness (QED) is 0.708. The van der Waals surface area contributed by atoms with Crippen LogP contribution in [0.15, 0.2) is 47.8 Å². The molecule has 24 heavy (non-hydrogen) atoms. The van der Waals surface area contributed by atoms with E-state index >= 15 is 0 Å². The van der Waals surface area contributed by atoms with Gasteiger partial charge in [-0.2, -0.15) is 0 Å². The maximum Gasteiger partial charge on any atom is 0.187 e. The van der Waals surface area contributed by atoms with E-state index in [0.717, 1.165) is 33.4 Å². The van der Waals surface area contributed by atoms with Crippen LogP contribution in [0.2, 0.25) is 0 Å². The van der Waals surface area contributed by atoms with Crippen LogP contribution in [0.1, 0.15) is 5.56 Å². The molecule has 0 radical (unpaired) electrons. The average molecular weight is 341 g/mol. The second-order valence-corrected chi connectivity index (χ2v) is 5.99. The Labute approximate surface area is 145 Å². The number of hydrogen-bond acceptors (Lipinski definition) is 6. The number of thiazole rings is 1. The van der Waals surface area contributed by atoms with E-state index in [2.05, 4.69) is 10.3 Å². The minimum Gasteiger partial charge on any atom is -0.497 e. The number of nitrogens with two attached hydrogens (primary N) is 1. The molecule has 3 aromatic rings. The van der Waals surface area contributed by atoms with Crippen molar-refractivity contribution in [2.24, 2.45) is 5.73 Å². The van der Waals surface area contributed by atoms with Crippen molar-refractivity contribution in [3.8, 4) is 22.8 Å². The van der Waals surface area contributed by atoms with E-state index < -0.39 is 0 Å². The summed E-state index contributed by atoms with van der Waals surface area (Å²) in [6, 6.07) is 13.7. The topological polar surface area (TPSA) is 69.4 Å². The van der Waals surface area contributed by atoms with Crippen LogP contribution in [0.25, 0.3) is 11.3 Å². The van der Waals surface area contributed by atoms with Crippen LogP contribution in [-0.4, -0.2) is 19.2 Å². The molecule has 0 unspecified atom stereocenters. The molecule has 0 saturated carbocycles. The van der Waals surface area contributed by atoms with Crippen molar-refractivity contribution in [2.45, 2.75) is 6.54 Å². The lowest BCUT2D eigenvalue weighted by molar-refractivity contribution is 0.395. The molecule has 0 aliphatic heterocycles. The van der Waals surface area contributed by atoms with E-state index in [1.54, 1.807) is 25.6 Å². The lowest BCUT2D eigenvalue weighted by Crippen LogP contribution is -1.96. The fourth-order valence-electron chi connectivity index (χ4n) is 2.29. The zero-order valence-corrected chi connectivity index (χ0v) is 14.4. The predicted molar refractivity (Wildman–Crippen MR) is 98.3 cm³/mol. The standard InChI is InChI=1S/C18H19N3O2S/c1-22-14-7-8-15(17(9-14)23-2)20-18-21-16(11-24-18)13-5-3-12(10-19)4-6-13/h3-9,11H,10,19H2,1-2H3,(H,20,21). The lowest BCUT2D eigenvalue weighted by atomic mass is 10.1. The van der Waals surface area contributed by atoms with Crippen molar-refractivity contribution in [1.29, 1.82) is 0 Å². The highest BCUT2D eigenvalue weighted by Gasteiger charge is 2.09. The summed E-state index contributed by atoms with van der Waals surface area (Å²) in [4.78, 5) is 4.64. The van der Waals surface area contributed by atoms with E-state index in [1.165, 1.54) is 0 Å². The van der Waals surface area contributed by atoms with Gasteiger partial charge in [0.15, 0.2) is 5.13 Å². The van der Waals surface area contributed by atoms with Crippen molar-refractivity contribution in [2.75, 3.05) is 19.5 Å². The summed E-state index contributed by atoms with van der Waals surface area (Å²) in [6.07, 6.45) is 0. The summed E-state index contributed by atoms with van der Waals surface area (Å²) < 4.78 is 10.6. The highest BCUT2D eigenvalue weighted by Crippen LogP contribution is 2.33. The first kappa shape index (κ1) is 16.3. The minimum absolute atomic E-state index is 0.543. The first-order chi connectivity index (χ1) is 11.7. The van der Waals surface area contributed by atoms with Gasteiger partial charge in [0.25, 0.3) is 0 Å². The number of aromatic nitrogens is 1. The maximum atomic E-state index is 5.63. The van der Waals surface area contributed by atoms with Crippen molar-refractivity contribution in [1.82, 2.24) is 4.98 Å². The number of anilines is 2. The molecule has 3 rings (SSSR count). The molecule has 5 nitrogen and oxygen atoms in total. The lowest BCUT2D eigenvalue weighted by Gasteiger charge is -2.10. The molecule has 1 heterocycles. The molecule has 1 aromatic heterocycles. The third-order valence-electron chi connectivity index (χ3n) is 3.64. The molecule has 0 aliphatic carbocycles. The van der Waals surface area contributed by atoms with Gasteiger partial charge >= 0.3 is 0 Å². The molecular formula is C18H19N3O2S. The molecule has 6 heteroatoms. The number of hydrogen-bond donors (Lipinski definition) is 2. The summed E-state index contributed by atoms with van der Waals surface area (Å²) in [5.74, 6) is 1.45. The summed E-state index contributed by atoms with van der Waals surface area (Å²) >= 11 is 1.54. The van der Waals surface area contributed by atoms with Crippen LogP contribution in [0.4, 0.5) is 10.8 Å². The molecule has 0 bridgehead atoms. The molecule has 0 amide bonds. The molecule has 2 aromatic carbocycles. The predicted octanol–water partition coefficient (Wildman–Crippen LogP) is 4.03. The first-order valence-corrected chi connectivity index (χ1v) is 8.35. The van der Waals surface area contributed by atoms with Gasteiger partial charge in [0.1, 0.15) is 11.5 Å². The average Bonchev–Trinajstić information content (AvgIpc) is 3.10. The third kappa shape index (κ3) is 3.50. The highest BCUT2D eigenvalue weighted by atomic mass is 32.1. The normalized spacial score (nSPS) is 10.5. The monoisotopic (exact) mass is 341 g/mol. The first-order valence-electron chi connectivity index (χ1n) is 7.47. The largest absolute Gasteiger partial charge is 0.497 e. The molecule has 0 fully saturated rings. The van der Waals surface area contributed by atoms with Crippen molar-refractivity contribution >= 4 is 22.2 Å². The Morgan fingerprint density at radius 2 is 1.88 bits per heavy atom. The van der Waals surface area contributed by atoms with Crippen molar-refractivity contribution in [3.63, 3.8) is 0 Å². The van der Waals surface area contributed by atoms with Crippen molar-refractivity contribution < 1.29 is 9.47 Å². The van der Waals surface area contributed by atoms with Crippen LogP contribution in [-0.2, 0) is 6.54 Å². The second-order valence-electron chi connectivity index (χ2n) is 5.13. The third-order valence-corrected chi connectivity index (χ3v) is 4.40. The highest BCUT2D eigenvalue weighted by molar-refractivity contribution is 7.14. The Morgan fingerprint density at radius 1 is 1.08 bits per heavy atom. The Balaban J connectivity index is 1.81. The summed E-state index contributed by atoms with van der Waals surface area (Å²) in [7, 11) is 3.26. The number of methoxy groups -OCH3 is 2. The van der Waals surface area contributed by atoms with Gasteiger partial charge in [0.2, 0.25) is 0 Å². The van der Waals surface area contributed by atoms with Gasteiger partial charge in [-0.05, 0) is 17.7 Å². The Morgan fingerprint density at radius 3 is 2.54 bits per heavy atom.